The summed E-state index contributed by atoms with van der Waals surface area (Å²) in [6.07, 6.45) is -3.27. The molecular weight excluding hydrogens is 423 g/mol. The molecule has 0 fully saturated rings. The van der Waals surface area contributed by atoms with Crippen LogP contribution in [0.15, 0.2) is 60.8 Å². The Kier molecular flexibility index (Phi) is 5.93. The first-order valence-corrected chi connectivity index (χ1v) is 8.76. The van der Waals surface area contributed by atoms with Gasteiger partial charge in [-0.1, -0.05) is 23.7 Å². The number of benzene rings is 2. The largest absolute Gasteiger partial charge is 0.477 e. The second-order valence-corrected chi connectivity index (χ2v) is 6.49. The van der Waals surface area contributed by atoms with E-state index in [1.165, 1.54) is 18.3 Å². The summed E-state index contributed by atoms with van der Waals surface area (Å²) in [6.45, 7) is 0. The molecule has 0 unspecified atom stereocenters. The van der Waals surface area contributed by atoms with Crippen molar-refractivity contribution in [3.8, 4) is 11.1 Å². The molecule has 0 saturated heterocycles. The molecule has 30 heavy (non-hydrogen) atoms. The lowest BCUT2D eigenvalue weighted by Gasteiger charge is -2.12. The van der Waals surface area contributed by atoms with Gasteiger partial charge in [0, 0.05) is 17.6 Å². The molecule has 3 aromatic rings. The zero-order valence-electron chi connectivity index (χ0n) is 15.0. The lowest BCUT2D eigenvalue weighted by molar-refractivity contribution is -0.137. The van der Waals surface area contributed by atoms with Crippen LogP contribution in [0.3, 0.4) is 0 Å². The number of hydrogen-bond donors (Lipinski definition) is 3. The van der Waals surface area contributed by atoms with Gasteiger partial charge in [0.25, 0.3) is 0 Å². The molecule has 0 saturated carbocycles. The zero-order valence-corrected chi connectivity index (χ0v) is 15.8. The summed E-state index contributed by atoms with van der Waals surface area (Å²) >= 11 is 5.55. The van der Waals surface area contributed by atoms with E-state index in [9.17, 15) is 22.8 Å². The maximum absolute atomic E-state index is 12.9. The molecular formula is C20H13ClF3N3O3. The van der Waals surface area contributed by atoms with Gasteiger partial charge in [-0.2, -0.15) is 13.2 Å². The van der Waals surface area contributed by atoms with Gasteiger partial charge in [-0.05, 0) is 53.6 Å². The number of alkyl halides is 3. The third-order valence-electron chi connectivity index (χ3n) is 3.98. The number of nitrogens with one attached hydrogen (secondary N) is 2. The molecule has 10 heteroatoms. The number of carbonyl (C=O) groups excluding carboxylic acids is 1. The minimum absolute atomic E-state index is 0.0705. The Bertz CT molecular complexity index is 1100. The molecule has 1 heterocycles. The van der Waals surface area contributed by atoms with E-state index in [1.54, 1.807) is 30.3 Å². The molecule has 3 N–H and O–H groups in total. The summed E-state index contributed by atoms with van der Waals surface area (Å²) in [5.41, 5.74) is 0.477. The molecule has 3 rings (SSSR count). The third-order valence-corrected chi connectivity index (χ3v) is 4.31. The molecule has 0 spiro atoms. The molecule has 2 aromatic carbocycles. The summed E-state index contributed by atoms with van der Waals surface area (Å²) in [5.74, 6) is -1.15. The van der Waals surface area contributed by atoms with E-state index in [-0.39, 0.29) is 11.4 Å². The number of nitrogens with zero attached hydrogens (tertiary/aromatic N) is 1. The van der Waals surface area contributed by atoms with Gasteiger partial charge in [0.15, 0.2) is 0 Å². The topological polar surface area (TPSA) is 91.3 Å². The monoisotopic (exact) mass is 435 g/mol. The number of pyridine rings is 1. The van der Waals surface area contributed by atoms with Crippen molar-refractivity contribution in [2.75, 3.05) is 10.6 Å². The van der Waals surface area contributed by atoms with Crippen molar-refractivity contribution in [2.45, 2.75) is 6.18 Å². The quantitative estimate of drug-likeness (QED) is 0.485. The summed E-state index contributed by atoms with van der Waals surface area (Å²) in [4.78, 5) is 26.9. The highest BCUT2D eigenvalue weighted by Crippen LogP contribution is 2.36. The zero-order chi connectivity index (χ0) is 21.9. The fraction of sp³-hybridized carbons (Fsp3) is 0.0500. The normalized spacial score (nSPS) is 11.1. The SMILES string of the molecule is O=C(Nc1ccc(-c2ccnc(C(=O)O)c2)cc1)Nc1ccc(Cl)c(C(F)(F)F)c1. The highest BCUT2D eigenvalue weighted by molar-refractivity contribution is 6.31. The fourth-order valence-corrected chi connectivity index (χ4v) is 2.81. The number of carboxylic acids is 1. The van der Waals surface area contributed by atoms with Crippen LogP contribution in [0.25, 0.3) is 11.1 Å². The van der Waals surface area contributed by atoms with Crippen LogP contribution >= 0.6 is 11.6 Å². The average molecular weight is 436 g/mol. The van der Waals surface area contributed by atoms with Gasteiger partial charge in [-0.25, -0.2) is 14.6 Å². The standard InChI is InChI=1S/C20H13ClF3N3O3/c21-16-6-5-14(10-15(16)20(22,23)24)27-19(30)26-13-3-1-11(2-4-13)12-7-8-25-17(9-12)18(28)29/h1-10H,(H,28,29)(H2,26,27,30). The number of aromatic nitrogens is 1. The Morgan fingerprint density at radius 2 is 1.53 bits per heavy atom. The van der Waals surface area contributed by atoms with E-state index in [2.05, 4.69) is 15.6 Å². The van der Waals surface area contributed by atoms with Crippen LogP contribution in [0, 0.1) is 0 Å². The number of anilines is 2. The van der Waals surface area contributed by atoms with E-state index < -0.39 is 28.8 Å². The van der Waals surface area contributed by atoms with Gasteiger partial charge in [-0.15, -0.1) is 0 Å². The molecule has 2 amide bonds. The first-order valence-electron chi connectivity index (χ1n) is 8.38. The van der Waals surface area contributed by atoms with Crippen molar-refractivity contribution in [1.29, 1.82) is 0 Å². The maximum atomic E-state index is 12.9. The molecule has 154 valence electrons. The number of carbonyl (C=O) groups is 2. The van der Waals surface area contributed by atoms with Gasteiger partial charge in [0.1, 0.15) is 5.69 Å². The van der Waals surface area contributed by atoms with Crippen molar-refractivity contribution in [3.05, 3.63) is 77.1 Å². The first kappa shape index (κ1) is 21.1. The van der Waals surface area contributed by atoms with E-state index in [1.807, 2.05) is 0 Å². The van der Waals surface area contributed by atoms with Crippen LogP contribution < -0.4 is 10.6 Å². The van der Waals surface area contributed by atoms with Gasteiger partial charge in [0.2, 0.25) is 0 Å². The summed E-state index contributed by atoms with van der Waals surface area (Å²) < 4.78 is 38.7. The molecule has 0 aliphatic carbocycles. The van der Waals surface area contributed by atoms with Crippen molar-refractivity contribution in [3.63, 3.8) is 0 Å². The van der Waals surface area contributed by atoms with E-state index in [0.717, 1.165) is 12.1 Å². The van der Waals surface area contributed by atoms with Crippen LogP contribution in [0.4, 0.5) is 29.3 Å². The molecule has 0 aliphatic heterocycles. The molecule has 6 nitrogen and oxygen atoms in total. The highest BCUT2D eigenvalue weighted by Gasteiger charge is 2.33. The molecule has 0 aliphatic rings. The van der Waals surface area contributed by atoms with Crippen molar-refractivity contribution in [1.82, 2.24) is 4.98 Å². The van der Waals surface area contributed by atoms with E-state index in [0.29, 0.717) is 16.8 Å². The average Bonchev–Trinajstić information content (AvgIpc) is 2.69. The van der Waals surface area contributed by atoms with Crippen LogP contribution in [-0.4, -0.2) is 22.1 Å². The van der Waals surface area contributed by atoms with Crippen LogP contribution in [-0.2, 0) is 6.18 Å². The number of aromatic carboxylic acids is 1. The molecule has 0 bridgehead atoms. The van der Waals surface area contributed by atoms with Crippen LogP contribution in [0.1, 0.15) is 16.1 Å². The molecule has 1 aromatic heterocycles. The van der Waals surface area contributed by atoms with Crippen LogP contribution in [0.2, 0.25) is 5.02 Å². The number of amides is 2. The number of hydrogen-bond acceptors (Lipinski definition) is 3. The van der Waals surface area contributed by atoms with Crippen molar-refractivity contribution < 1.29 is 27.9 Å². The summed E-state index contributed by atoms with van der Waals surface area (Å²) in [6, 6.07) is 11.8. The second kappa shape index (κ2) is 8.42. The second-order valence-electron chi connectivity index (χ2n) is 6.08. The predicted molar refractivity (Wildman–Crippen MR) is 106 cm³/mol. The molecule has 0 radical (unpaired) electrons. The fourth-order valence-electron chi connectivity index (χ4n) is 2.59. The summed E-state index contributed by atoms with van der Waals surface area (Å²) in [7, 11) is 0. The minimum Gasteiger partial charge on any atom is -0.477 e. The molecule has 0 atom stereocenters. The van der Waals surface area contributed by atoms with E-state index in [4.69, 9.17) is 16.7 Å². The van der Waals surface area contributed by atoms with Crippen LogP contribution in [0.5, 0.6) is 0 Å². The number of urea groups is 1. The number of carboxylic acid groups (broad SMARTS) is 1. The Morgan fingerprint density at radius 3 is 2.17 bits per heavy atom. The highest BCUT2D eigenvalue weighted by atomic mass is 35.5. The smallest absolute Gasteiger partial charge is 0.417 e. The number of halogens is 4. The summed E-state index contributed by atoms with van der Waals surface area (Å²) in [5, 5.41) is 13.4. The van der Waals surface area contributed by atoms with Crippen molar-refractivity contribution in [2.24, 2.45) is 0 Å². The van der Waals surface area contributed by atoms with Gasteiger partial charge in [0.05, 0.1) is 10.6 Å². The Morgan fingerprint density at radius 1 is 0.900 bits per heavy atom. The predicted octanol–water partition coefficient (Wildman–Crippen LogP) is 5.76. The Hall–Kier alpha value is -3.59. The lowest BCUT2D eigenvalue weighted by atomic mass is 10.1. The van der Waals surface area contributed by atoms with Gasteiger partial charge in [-0.3, -0.25) is 0 Å². The first-order chi connectivity index (χ1) is 14.1. The van der Waals surface area contributed by atoms with Gasteiger partial charge >= 0.3 is 18.2 Å². The van der Waals surface area contributed by atoms with E-state index >= 15 is 0 Å². The maximum Gasteiger partial charge on any atom is 0.417 e. The number of rotatable bonds is 4. The minimum atomic E-state index is -4.64. The Labute approximate surface area is 173 Å². The lowest BCUT2D eigenvalue weighted by Crippen LogP contribution is -2.19. The van der Waals surface area contributed by atoms with Crippen molar-refractivity contribution >= 4 is 35.0 Å². The van der Waals surface area contributed by atoms with Gasteiger partial charge < -0.3 is 15.7 Å². The Balaban J connectivity index is 1.70. The third kappa shape index (κ3) is 5.06.